The van der Waals surface area contributed by atoms with Gasteiger partial charge in [0.05, 0.1) is 24.0 Å². The van der Waals surface area contributed by atoms with E-state index in [1.165, 1.54) is 24.3 Å². The summed E-state index contributed by atoms with van der Waals surface area (Å²) in [6.45, 7) is -3.77. The largest absolute Gasteiger partial charge is 0.619 e. The average Bonchev–Trinajstić information content (AvgIpc) is 2.88. The highest BCUT2D eigenvalue weighted by Crippen LogP contribution is 2.56. The van der Waals surface area contributed by atoms with Gasteiger partial charge in [-0.2, -0.15) is 35.5 Å². The first-order chi connectivity index (χ1) is 19.4. The molecular formula is C24H15BrClF8N3O5. The van der Waals surface area contributed by atoms with E-state index in [1.807, 2.05) is 5.32 Å². The first-order valence-electron chi connectivity index (χ1n) is 11.0. The Kier molecular flexibility index (Phi) is 9.46. The second-order valence-corrected chi connectivity index (χ2v) is 9.44. The molecule has 3 rings (SSSR count). The van der Waals surface area contributed by atoms with Crippen LogP contribution in [0, 0.1) is 5.21 Å². The predicted octanol–water partition coefficient (Wildman–Crippen LogP) is 6.76. The number of hydrogen-bond donors (Lipinski definition) is 2. The predicted molar refractivity (Wildman–Crippen MR) is 135 cm³/mol. The molecule has 0 saturated carbocycles. The van der Waals surface area contributed by atoms with Crippen LogP contribution in [0.5, 0.6) is 11.5 Å². The second-order valence-electron chi connectivity index (χ2n) is 8.11. The number of halogens is 10. The van der Waals surface area contributed by atoms with Crippen molar-refractivity contribution in [1.82, 2.24) is 0 Å². The van der Waals surface area contributed by atoms with Gasteiger partial charge in [-0.1, -0.05) is 6.07 Å². The molecule has 18 heteroatoms. The Balaban J connectivity index is 2.05. The molecule has 2 amide bonds. The number of anilines is 2. The molecule has 1 heterocycles. The van der Waals surface area contributed by atoms with Gasteiger partial charge in [0.15, 0.2) is 23.9 Å². The number of nitrogens with zero attached hydrogens (tertiary/aromatic N) is 1. The molecule has 42 heavy (non-hydrogen) atoms. The van der Waals surface area contributed by atoms with Gasteiger partial charge in [-0.25, -0.2) is 4.39 Å². The smallest absolute Gasteiger partial charge is 0.434 e. The number of carbonyl (C=O) groups excluding carboxylic acids is 2. The van der Waals surface area contributed by atoms with Gasteiger partial charge in [0.25, 0.3) is 11.8 Å². The third-order valence-corrected chi connectivity index (χ3v) is 6.32. The number of ether oxygens (including phenoxy) is 2. The van der Waals surface area contributed by atoms with E-state index in [-0.39, 0.29) is 34.7 Å². The van der Waals surface area contributed by atoms with Crippen molar-refractivity contribution in [2.45, 2.75) is 23.8 Å². The number of hydrogen-bond acceptors (Lipinski definition) is 5. The fraction of sp³-hybridized carbons (Fsp3) is 0.208. The van der Waals surface area contributed by atoms with Gasteiger partial charge in [0.1, 0.15) is 5.56 Å². The summed E-state index contributed by atoms with van der Waals surface area (Å²) in [7, 11) is 1.09. The zero-order valence-corrected chi connectivity index (χ0v) is 22.9. The monoisotopic (exact) mass is 691 g/mol. The van der Waals surface area contributed by atoms with Crippen LogP contribution in [-0.2, 0) is 5.67 Å². The van der Waals surface area contributed by atoms with Crippen molar-refractivity contribution in [3.05, 3.63) is 81.2 Å². The summed E-state index contributed by atoms with van der Waals surface area (Å²) in [6, 6.07) is 6.31. The molecule has 0 aliphatic heterocycles. The number of carbonyl (C=O) groups is 2. The van der Waals surface area contributed by atoms with E-state index in [0.29, 0.717) is 4.73 Å². The topological polar surface area (TPSA) is 104 Å². The second kappa shape index (κ2) is 12.2. The summed E-state index contributed by atoms with van der Waals surface area (Å²) < 4.78 is 118. The minimum atomic E-state index is -6.32. The molecule has 0 aliphatic carbocycles. The molecular weight excluding hydrogens is 678 g/mol. The molecule has 0 fully saturated rings. The van der Waals surface area contributed by atoms with Crippen LogP contribution in [0.1, 0.15) is 26.3 Å². The summed E-state index contributed by atoms with van der Waals surface area (Å²) in [5, 5.41) is 10.3. The first kappa shape index (κ1) is 32.7. The van der Waals surface area contributed by atoms with Crippen LogP contribution in [0.25, 0.3) is 0 Å². The van der Waals surface area contributed by atoms with Crippen LogP contribution in [0.15, 0.2) is 59.3 Å². The molecule has 0 spiro atoms. The minimum Gasteiger partial charge on any atom is -0.619 e. The van der Waals surface area contributed by atoms with Crippen LogP contribution in [0.3, 0.4) is 0 Å². The van der Waals surface area contributed by atoms with Crippen molar-refractivity contribution in [3.8, 4) is 11.5 Å². The van der Waals surface area contributed by atoms with Gasteiger partial charge in [0, 0.05) is 16.1 Å². The van der Waals surface area contributed by atoms with Gasteiger partial charge < -0.3 is 25.3 Å². The van der Waals surface area contributed by atoms with Gasteiger partial charge in [-0.3, -0.25) is 9.59 Å². The maximum absolute atomic E-state index is 14.9. The van der Waals surface area contributed by atoms with Gasteiger partial charge in [-0.05, 0) is 57.9 Å². The molecule has 0 saturated heterocycles. The molecule has 0 aliphatic rings. The van der Waals surface area contributed by atoms with Crippen LogP contribution < -0.4 is 24.8 Å². The highest BCUT2D eigenvalue weighted by molar-refractivity contribution is 9.10. The van der Waals surface area contributed by atoms with Crippen molar-refractivity contribution in [2.75, 3.05) is 17.7 Å². The van der Waals surface area contributed by atoms with Crippen molar-refractivity contribution >= 4 is 50.7 Å². The molecule has 1 unspecified atom stereocenters. The van der Waals surface area contributed by atoms with E-state index in [0.717, 1.165) is 25.6 Å². The van der Waals surface area contributed by atoms with E-state index in [9.17, 15) is 49.9 Å². The number of aromatic nitrogens is 1. The number of amides is 2. The molecule has 0 radical (unpaired) electrons. The van der Waals surface area contributed by atoms with Gasteiger partial charge in [-0.15, -0.1) is 0 Å². The number of nitrogens with one attached hydrogen (secondary N) is 2. The Morgan fingerprint density at radius 3 is 2.24 bits per heavy atom. The van der Waals surface area contributed by atoms with Crippen molar-refractivity contribution in [3.63, 3.8) is 0 Å². The fourth-order valence-electron chi connectivity index (χ4n) is 3.58. The lowest BCUT2D eigenvalue weighted by molar-refractivity contribution is -0.605. The molecule has 1 atom stereocenters. The summed E-state index contributed by atoms with van der Waals surface area (Å²) in [5.41, 5.74) is -8.85. The third-order valence-electron chi connectivity index (χ3n) is 5.44. The first-order valence-corrected chi connectivity index (χ1v) is 12.2. The Morgan fingerprint density at radius 2 is 1.69 bits per heavy atom. The summed E-state index contributed by atoms with van der Waals surface area (Å²) in [5.74, 6) is -3.61. The Bertz CT molecular complexity index is 1490. The maximum Gasteiger partial charge on any atom is 0.434 e. The van der Waals surface area contributed by atoms with E-state index in [1.54, 1.807) is 0 Å². The fourth-order valence-corrected chi connectivity index (χ4v) is 4.33. The quantitative estimate of drug-likeness (QED) is 0.112. The Morgan fingerprint density at radius 1 is 1.02 bits per heavy atom. The third kappa shape index (κ3) is 6.61. The molecule has 2 N–H and O–H groups in total. The zero-order chi connectivity index (χ0) is 31.6. The van der Waals surface area contributed by atoms with E-state index in [2.05, 4.69) is 37.6 Å². The number of methoxy groups -OCH3 is 1. The minimum absolute atomic E-state index is 0.0764. The van der Waals surface area contributed by atoms with Crippen LogP contribution >= 0.6 is 27.5 Å². The van der Waals surface area contributed by atoms with E-state index < -0.39 is 57.1 Å². The lowest BCUT2D eigenvalue weighted by Crippen LogP contribution is -2.49. The zero-order valence-electron chi connectivity index (χ0n) is 20.5. The molecule has 3 aromatic rings. The molecule has 1 aromatic heterocycles. The highest BCUT2D eigenvalue weighted by Gasteiger charge is 2.72. The molecule has 0 bridgehead atoms. The summed E-state index contributed by atoms with van der Waals surface area (Å²) in [4.78, 5) is 25.7. The number of para-hydroxylation sites is 1. The van der Waals surface area contributed by atoms with Crippen molar-refractivity contribution in [1.29, 1.82) is 0 Å². The number of benzene rings is 2. The van der Waals surface area contributed by atoms with Gasteiger partial charge in [0.2, 0.25) is 0 Å². The number of pyridine rings is 1. The molecule has 226 valence electrons. The summed E-state index contributed by atoms with van der Waals surface area (Å²) >= 11 is 7.09. The SMILES string of the molecule is COc1c(NC(=O)c2ccc[n+]([O-])c2)cccc1C(=O)Nc1c(Br)cc(C(F)(C(F)(F)F)C(F)(F)Cl)cc1OC(F)F. The van der Waals surface area contributed by atoms with E-state index in [4.69, 9.17) is 4.74 Å². The Hall–Kier alpha value is -3.86. The molecule has 8 nitrogen and oxygen atoms in total. The summed E-state index contributed by atoms with van der Waals surface area (Å²) in [6.07, 6.45) is -4.25. The van der Waals surface area contributed by atoms with Crippen LogP contribution in [0.2, 0.25) is 0 Å². The number of rotatable bonds is 9. The average molecular weight is 693 g/mol. The van der Waals surface area contributed by atoms with E-state index >= 15 is 0 Å². The Labute approximate surface area is 243 Å². The standard InChI is InChI=1S/C24H15BrClF8N3O5/c1-41-18-13(5-2-6-15(18)35-19(38)11-4-3-7-37(40)10-11)20(39)36-17-14(25)8-12(9-16(17)42-21(27)28)22(29,23(26,30)31)24(32,33)34/h2-10,21H,1H3,(H,35,38)(H,36,39). The lowest BCUT2D eigenvalue weighted by Gasteiger charge is -2.32. The molecule has 2 aromatic carbocycles. The van der Waals surface area contributed by atoms with Gasteiger partial charge >= 0.3 is 23.8 Å². The van der Waals surface area contributed by atoms with Crippen molar-refractivity contribution in [2.24, 2.45) is 0 Å². The normalized spacial score (nSPS) is 13.3. The van der Waals surface area contributed by atoms with Crippen molar-refractivity contribution < 1.29 is 58.9 Å². The maximum atomic E-state index is 14.9. The highest BCUT2D eigenvalue weighted by atomic mass is 79.9. The lowest BCUT2D eigenvalue weighted by atomic mass is 9.94. The number of alkyl halides is 9. The van der Waals surface area contributed by atoms with Crippen LogP contribution in [-0.4, -0.2) is 37.1 Å². The van der Waals surface area contributed by atoms with Crippen LogP contribution in [0.4, 0.5) is 46.5 Å².